The number of aromatic nitrogens is 1. The molecule has 1 atom stereocenters. The lowest BCUT2D eigenvalue weighted by Crippen LogP contribution is -2.43. The van der Waals surface area contributed by atoms with Crippen LogP contribution < -0.4 is 5.32 Å². The van der Waals surface area contributed by atoms with Gasteiger partial charge in [-0.05, 0) is 44.0 Å². The molecule has 0 aliphatic carbocycles. The summed E-state index contributed by atoms with van der Waals surface area (Å²) in [5.41, 5.74) is 0.844. The Balaban J connectivity index is 1.51. The first-order valence-corrected chi connectivity index (χ1v) is 8.19. The number of nitrogens with one attached hydrogen (secondary N) is 1. The number of rotatable bonds is 4. The van der Waals surface area contributed by atoms with Gasteiger partial charge in [0.25, 0.3) is 5.91 Å². The minimum absolute atomic E-state index is 0.0262. The van der Waals surface area contributed by atoms with E-state index >= 15 is 0 Å². The molecule has 1 fully saturated rings. The highest BCUT2D eigenvalue weighted by molar-refractivity contribution is 5.91. The van der Waals surface area contributed by atoms with E-state index < -0.39 is 0 Å². The van der Waals surface area contributed by atoms with Crippen LogP contribution in [0.25, 0.3) is 0 Å². The van der Waals surface area contributed by atoms with Gasteiger partial charge in [0, 0.05) is 25.2 Å². The third-order valence-corrected chi connectivity index (χ3v) is 4.38. The Hall–Kier alpha value is -2.63. The first-order valence-electron chi connectivity index (χ1n) is 8.19. The third kappa shape index (κ3) is 3.64. The van der Waals surface area contributed by atoms with Gasteiger partial charge < -0.3 is 14.6 Å². The van der Waals surface area contributed by atoms with Crippen LogP contribution in [0.2, 0.25) is 0 Å². The van der Waals surface area contributed by atoms with E-state index in [1.54, 1.807) is 23.2 Å². The Labute approximate surface area is 140 Å². The van der Waals surface area contributed by atoms with Crippen molar-refractivity contribution in [2.24, 2.45) is 5.92 Å². The van der Waals surface area contributed by atoms with Crippen molar-refractivity contribution in [1.29, 1.82) is 0 Å². The topological polar surface area (TPSA) is 75.4 Å². The Morgan fingerprint density at radius 2 is 2.04 bits per heavy atom. The molecule has 126 valence electrons. The van der Waals surface area contributed by atoms with Gasteiger partial charge in [0.05, 0.1) is 18.0 Å². The summed E-state index contributed by atoms with van der Waals surface area (Å²) in [6.07, 6.45) is 4.53. The summed E-state index contributed by atoms with van der Waals surface area (Å²) in [6.45, 7) is 3.06. The molecule has 6 nitrogen and oxygen atoms in total. The van der Waals surface area contributed by atoms with Crippen molar-refractivity contribution < 1.29 is 14.0 Å². The fraction of sp³-hybridized carbons (Fsp3) is 0.389. The number of carbonyl (C=O) groups excluding carboxylic acids is 2. The van der Waals surface area contributed by atoms with Gasteiger partial charge in [0.2, 0.25) is 5.91 Å². The molecule has 2 aromatic rings. The van der Waals surface area contributed by atoms with Crippen LogP contribution in [0.5, 0.6) is 0 Å². The van der Waals surface area contributed by atoms with Crippen molar-refractivity contribution >= 4 is 11.8 Å². The van der Waals surface area contributed by atoms with E-state index in [1.807, 2.05) is 25.1 Å². The number of piperidine rings is 1. The van der Waals surface area contributed by atoms with E-state index in [9.17, 15) is 9.59 Å². The van der Waals surface area contributed by atoms with Crippen LogP contribution >= 0.6 is 0 Å². The van der Waals surface area contributed by atoms with Gasteiger partial charge in [-0.2, -0.15) is 0 Å². The SMILES string of the molecule is C[C@@H](NC(=O)C1CCN(C(=O)c2ccco2)CC1)c1ccccn1. The van der Waals surface area contributed by atoms with Gasteiger partial charge in [-0.25, -0.2) is 0 Å². The predicted molar refractivity (Wildman–Crippen MR) is 88.1 cm³/mol. The number of hydrogen-bond donors (Lipinski definition) is 1. The number of nitrogens with zero attached hydrogens (tertiary/aromatic N) is 2. The van der Waals surface area contributed by atoms with E-state index in [0.29, 0.717) is 31.7 Å². The van der Waals surface area contributed by atoms with E-state index in [2.05, 4.69) is 10.3 Å². The summed E-state index contributed by atoms with van der Waals surface area (Å²) in [7, 11) is 0. The second-order valence-corrected chi connectivity index (χ2v) is 6.03. The second-order valence-electron chi connectivity index (χ2n) is 6.03. The molecular formula is C18H21N3O3. The maximum Gasteiger partial charge on any atom is 0.289 e. The molecule has 1 aliphatic heterocycles. The average molecular weight is 327 g/mol. The van der Waals surface area contributed by atoms with Crippen molar-refractivity contribution in [1.82, 2.24) is 15.2 Å². The molecule has 0 bridgehead atoms. The summed E-state index contributed by atoms with van der Waals surface area (Å²) < 4.78 is 5.15. The van der Waals surface area contributed by atoms with Crippen LogP contribution in [0.3, 0.4) is 0 Å². The number of likely N-dealkylation sites (tertiary alicyclic amines) is 1. The number of amides is 2. The van der Waals surface area contributed by atoms with Gasteiger partial charge in [-0.3, -0.25) is 14.6 Å². The highest BCUT2D eigenvalue weighted by Crippen LogP contribution is 2.20. The van der Waals surface area contributed by atoms with Crippen LogP contribution in [0.1, 0.15) is 42.1 Å². The summed E-state index contributed by atoms with van der Waals surface area (Å²) >= 11 is 0. The zero-order valence-electron chi connectivity index (χ0n) is 13.6. The Bertz CT molecular complexity index is 677. The maximum absolute atomic E-state index is 12.4. The summed E-state index contributed by atoms with van der Waals surface area (Å²) in [4.78, 5) is 30.7. The van der Waals surface area contributed by atoms with E-state index in [1.165, 1.54) is 6.26 Å². The Morgan fingerprint density at radius 1 is 1.25 bits per heavy atom. The molecule has 1 N–H and O–H groups in total. The summed E-state index contributed by atoms with van der Waals surface area (Å²) in [5.74, 6) is 0.192. The summed E-state index contributed by atoms with van der Waals surface area (Å²) in [5, 5.41) is 3.01. The molecule has 0 saturated carbocycles. The van der Waals surface area contributed by atoms with Crippen molar-refractivity contribution in [2.75, 3.05) is 13.1 Å². The van der Waals surface area contributed by atoms with Crippen molar-refractivity contribution in [2.45, 2.75) is 25.8 Å². The minimum Gasteiger partial charge on any atom is -0.459 e. The molecule has 1 aliphatic rings. The largest absolute Gasteiger partial charge is 0.459 e. The molecule has 3 rings (SSSR count). The molecule has 1 saturated heterocycles. The zero-order valence-corrected chi connectivity index (χ0v) is 13.6. The molecule has 0 radical (unpaired) electrons. The number of furan rings is 1. The van der Waals surface area contributed by atoms with E-state index in [4.69, 9.17) is 4.42 Å². The molecule has 0 spiro atoms. The quantitative estimate of drug-likeness (QED) is 0.935. The lowest BCUT2D eigenvalue weighted by atomic mass is 9.95. The molecule has 0 unspecified atom stereocenters. The third-order valence-electron chi connectivity index (χ3n) is 4.38. The molecule has 6 heteroatoms. The first kappa shape index (κ1) is 16.2. The standard InChI is InChI=1S/C18H21N3O3/c1-13(15-5-2-3-9-19-15)20-17(22)14-7-10-21(11-8-14)18(23)16-6-4-12-24-16/h2-6,9,12-14H,7-8,10-11H2,1H3,(H,20,22)/t13-/m1/s1. The van der Waals surface area contributed by atoms with Gasteiger partial charge in [0.1, 0.15) is 0 Å². The molecule has 2 aromatic heterocycles. The lowest BCUT2D eigenvalue weighted by molar-refractivity contribution is -0.127. The van der Waals surface area contributed by atoms with Gasteiger partial charge in [-0.15, -0.1) is 0 Å². The molecule has 24 heavy (non-hydrogen) atoms. The molecule has 0 aromatic carbocycles. The fourth-order valence-electron chi connectivity index (χ4n) is 2.94. The Morgan fingerprint density at radius 3 is 2.67 bits per heavy atom. The first-order chi connectivity index (χ1) is 11.6. The normalized spacial score (nSPS) is 16.6. The van der Waals surface area contributed by atoms with Crippen LogP contribution in [-0.2, 0) is 4.79 Å². The molecule has 2 amide bonds. The van der Waals surface area contributed by atoms with Gasteiger partial charge in [-0.1, -0.05) is 6.07 Å². The van der Waals surface area contributed by atoms with Crippen molar-refractivity contribution in [3.8, 4) is 0 Å². The number of hydrogen-bond acceptors (Lipinski definition) is 4. The number of pyridine rings is 1. The van der Waals surface area contributed by atoms with Crippen LogP contribution in [0, 0.1) is 5.92 Å². The van der Waals surface area contributed by atoms with Gasteiger partial charge in [0.15, 0.2) is 5.76 Å². The van der Waals surface area contributed by atoms with Crippen molar-refractivity contribution in [3.05, 3.63) is 54.2 Å². The zero-order chi connectivity index (χ0) is 16.9. The van der Waals surface area contributed by atoms with E-state index in [0.717, 1.165) is 5.69 Å². The highest BCUT2D eigenvalue weighted by atomic mass is 16.3. The number of carbonyl (C=O) groups is 2. The smallest absolute Gasteiger partial charge is 0.289 e. The maximum atomic E-state index is 12.4. The predicted octanol–water partition coefficient (Wildman–Crippen LogP) is 2.40. The average Bonchev–Trinajstić information content (AvgIpc) is 3.16. The highest BCUT2D eigenvalue weighted by Gasteiger charge is 2.29. The minimum atomic E-state index is -0.124. The van der Waals surface area contributed by atoms with Gasteiger partial charge >= 0.3 is 0 Å². The van der Waals surface area contributed by atoms with Crippen LogP contribution in [0.15, 0.2) is 47.2 Å². The molecular weight excluding hydrogens is 306 g/mol. The van der Waals surface area contributed by atoms with Crippen molar-refractivity contribution in [3.63, 3.8) is 0 Å². The van der Waals surface area contributed by atoms with Crippen LogP contribution in [0.4, 0.5) is 0 Å². The second kappa shape index (κ2) is 7.29. The Kier molecular flexibility index (Phi) is 4.93. The van der Waals surface area contributed by atoms with E-state index in [-0.39, 0.29) is 23.8 Å². The fourth-order valence-corrected chi connectivity index (χ4v) is 2.94. The molecule has 3 heterocycles. The summed E-state index contributed by atoms with van der Waals surface area (Å²) in [6, 6.07) is 8.90. The monoisotopic (exact) mass is 327 g/mol. The van der Waals surface area contributed by atoms with Crippen LogP contribution in [-0.4, -0.2) is 34.8 Å². The lowest BCUT2D eigenvalue weighted by Gasteiger charge is -2.31.